The van der Waals surface area contributed by atoms with E-state index in [0.29, 0.717) is 24.1 Å². The van der Waals surface area contributed by atoms with E-state index in [-0.39, 0.29) is 0 Å². The topological polar surface area (TPSA) is 71.3 Å². The van der Waals surface area contributed by atoms with Crippen LogP contribution in [0.3, 0.4) is 0 Å². The summed E-state index contributed by atoms with van der Waals surface area (Å²) < 4.78 is 19.1. The number of fused-ring (bicyclic) bond motifs is 1. The van der Waals surface area contributed by atoms with E-state index < -0.39 is 0 Å². The molecule has 1 aromatic heterocycles. The van der Waals surface area contributed by atoms with Crippen molar-refractivity contribution in [2.75, 3.05) is 20.3 Å². The van der Waals surface area contributed by atoms with Crippen LogP contribution in [0.15, 0.2) is 46.0 Å². The normalized spacial score (nSPS) is 12.8. The molecule has 1 aliphatic heterocycles. The Labute approximate surface area is 162 Å². The summed E-state index contributed by atoms with van der Waals surface area (Å²) >= 11 is 5.14. The second kappa shape index (κ2) is 7.55. The highest BCUT2D eigenvalue weighted by Gasteiger charge is 2.16. The van der Waals surface area contributed by atoms with Gasteiger partial charge in [-0.15, -0.1) is 5.10 Å². The highest BCUT2D eigenvalue weighted by Crippen LogP contribution is 2.37. The highest BCUT2D eigenvalue weighted by molar-refractivity contribution is 9.10. The van der Waals surface area contributed by atoms with E-state index in [1.165, 1.54) is 0 Å². The van der Waals surface area contributed by atoms with Crippen molar-refractivity contribution in [1.29, 1.82) is 0 Å². The predicted molar refractivity (Wildman–Crippen MR) is 100 cm³/mol. The molecule has 0 amide bonds. The van der Waals surface area contributed by atoms with Crippen molar-refractivity contribution in [3.8, 4) is 22.9 Å². The van der Waals surface area contributed by atoms with Crippen molar-refractivity contribution in [1.82, 2.24) is 20.2 Å². The fourth-order valence-corrected chi connectivity index (χ4v) is 4.04. The minimum absolute atomic E-state index is 0.566. The van der Waals surface area contributed by atoms with Crippen LogP contribution in [0.1, 0.15) is 5.56 Å². The van der Waals surface area contributed by atoms with Gasteiger partial charge in [-0.1, -0.05) is 27.7 Å². The third kappa shape index (κ3) is 3.49. The summed E-state index contributed by atoms with van der Waals surface area (Å²) in [6, 6.07) is 11.5. The number of nitrogens with zero attached hydrogens (tertiary/aromatic N) is 4. The molecule has 3 aromatic rings. The Bertz CT molecular complexity index is 917. The summed E-state index contributed by atoms with van der Waals surface area (Å²) in [6.45, 7) is 1.14. The standard InChI is InChI=1S/C17H15BrN4O3S/c1-23-13-4-2-12(3-5-13)22-17(19-20-21-22)26-10-11-8-15-16(9-14(11)18)25-7-6-24-15/h2-5,8-9H,6-7,10H2,1H3. The van der Waals surface area contributed by atoms with Crippen LogP contribution in [0.25, 0.3) is 5.69 Å². The van der Waals surface area contributed by atoms with Gasteiger partial charge in [-0.3, -0.25) is 0 Å². The van der Waals surface area contributed by atoms with Crippen molar-refractivity contribution >= 4 is 27.7 Å². The summed E-state index contributed by atoms with van der Waals surface area (Å²) in [4.78, 5) is 0. The molecule has 0 saturated carbocycles. The molecule has 2 aromatic carbocycles. The molecule has 0 bridgehead atoms. The van der Waals surface area contributed by atoms with Gasteiger partial charge in [0, 0.05) is 10.2 Å². The molecule has 9 heteroatoms. The third-order valence-electron chi connectivity index (χ3n) is 3.83. The quantitative estimate of drug-likeness (QED) is 0.568. The summed E-state index contributed by atoms with van der Waals surface area (Å²) in [6.07, 6.45) is 0. The SMILES string of the molecule is COc1ccc(-n2nnnc2SCc2cc3c(cc2Br)OCCO3)cc1. The minimum Gasteiger partial charge on any atom is -0.497 e. The molecule has 0 N–H and O–H groups in total. The first kappa shape index (κ1) is 17.2. The zero-order valence-electron chi connectivity index (χ0n) is 13.9. The molecule has 2 heterocycles. The molecule has 0 aliphatic carbocycles. The molecule has 0 spiro atoms. The monoisotopic (exact) mass is 434 g/mol. The van der Waals surface area contributed by atoms with Crippen LogP contribution in [-0.4, -0.2) is 40.5 Å². The maximum Gasteiger partial charge on any atom is 0.214 e. The first-order valence-corrected chi connectivity index (χ1v) is 9.66. The zero-order valence-corrected chi connectivity index (χ0v) is 16.3. The van der Waals surface area contributed by atoms with Crippen LogP contribution in [-0.2, 0) is 5.75 Å². The van der Waals surface area contributed by atoms with Gasteiger partial charge in [0.05, 0.1) is 12.8 Å². The number of methoxy groups -OCH3 is 1. The summed E-state index contributed by atoms with van der Waals surface area (Å²) in [5.74, 6) is 3.01. The number of rotatable bonds is 5. The van der Waals surface area contributed by atoms with E-state index in [9.17, 15) is 0 Å². The van der Waals surface area contributed by atoms with Gasteiger partial charge < -0.3 is 14.2 Å². The first-order chi connectivity index (χ1) is 12.7. The lowest BCUT2D eigenvalue weighted by Crippen LogP contribution is -2.15. The Morgan fingerprint density at radius 2 is 1.88 bits per heavy atom. The first-order valence-electron chi connectivity index (χ1n) is 7.88. The van der Waals surface area contributed by atoms with Crippen LogP contribution in [0.2, 0.25) is 0 Å². The second-order valence-electron chi connectivity index (χ2n) is 5.45. The molecule has 0 unspecified atom stereocenters. The average molecular weight is 435 g/mol. The second-order valence-corrected chi connectivity index (χ2v) is 7.24. The van der Waals surface area contributed by atoms with Crippen LogP contribution in [0.5, 0.6) is 17.2 Å². The Kier molecular flexibility index (Phi) is 4.98. The Hall–Kier alpha value is -2.26. The molecule has 0 radical (unpaired) electrons. The van der Waals surface area contributed by atoms with E-state index >= 15 is 0 Å². The molecule has 4 rings (SSSR count). The fourth-order valence-electron chi connectivity index (χ4n) is 2.51. The van der Waals surface area contributed by atoms with Crippen molar-refractivity contribution in [2.24, 2.45) is 0 Å². The van der Waals surface area contributed by atoms with Crippen molar-refractivity contribution in [3.05, 3.63) is 46.4 Å². The maximum absolute atomic E-state index is 5.66. The van der Waals surface area contributed by atoms with Crippen LogP contribution >= 0.6 is 27.7 Å². The number of aromatic nitrogens is 4. The summed E-state index contributed by atoms with van der Waals surface area (Å²) in [7, 11) is 1.64. The number of halogens is 1. The number of ether oxygens (including phenoxy) is 3. The molecular formula is C17H15BrN4O3S. The van der Waals surface area contributed by atoms with Crippen LogP contribution in [0, 0.1) is 0 Å². The van der Waals surface area contributed by atoms with Crippen LogP contribution < -0.4 is 14.2 Å². The Morgan fingerprint density at radius 1 is 1.15 bits per heavy atom. The van der Waals surface area contributed by atoms with E-state index in [4.69, 9.17) is 14.2 Å². The molecule has 134 valence electrons. The van der Waals surface area contributed by atoms with Crippen LogP contribution in [0.4, 0.5) is 0 Å². The van der Waals surface area contributed by atoms with Crippen molar-refractivity contribution in [2.45, 2.75) is 10.9 Å². The predicted octanol–water partition coefficient (Wildman–Crippen LogP) is 3.50. The zero-order chi connectivity index (χ0) is 17.9. The molecule has 26 heavy (non-hydrogen) atoms. The maximum atomic E-state index is 5.66. The van der Waals surface area contributed by atoms with Gasteiger partial charge in [0.25, 0.3) is 0 Å². The lowest BCUT2D eigenvalue weighted by atomic mass is 10.2. The summed E-state index contributed by atoms with van der Waals surface area (Å²) in [5.41, 5.74) is 1.96. The van der Waals surface area contributed by atoms with Gasteiger partial charge in [0.15, 0.2) is 11.5 Å². The number of hydrogen-bond donors (Lipinski definition) is 0. The smallest absolute Gasteiger partial charge is 0.214 e. The molecule has 1 aliphatic rings. The number of tetrazole rings is 1. The highest BCUT2D eigenvalue weighted by atomic mass is 79.9. The van der Waals surface area contributed by atoms with Gasteiger partial charge in [-0.2, -0.15) is 4.68 Å². The number of hydrogen-bond acceptors (Lipinski definition) is 7. The van der Waals surface area contributed by atoms with E-state index in [2.05, 4.69) is 31.5 Å². The number of benzene rings is 2. The molecule has 7 nitrogen and oxygen atoms in total. The van der Waals surface area contributed by atoms with Gasteiger partial charge >= 0.3 is 0 Å². The molecule has 0 fully saturated rings. The lowest BCUT2D eigenvalue weighted by molar-refractivity contribution is 0.171. The Balaban J connectivity index is 1.53. The van der Waals surface area contributed by atoms with Gasteiger partial charge in [0.2, 0.25) is 5.16 Å². The summed E-state index contributed by atoms with van der Waals surface area (Å²) in [5, 5.41) is 12.7. The molecule has 0 saturated heterocycles. The van der Waals surface area contributed by atoms with Gasteiger partial charge in [0.1, 0.15) is 19.0 Å². The fraction of sp³-hybridized carbons (Fsp3) is 0.235. The molecular weight excluding hydrogens is 420 g/mol. The third-order valence-corrected chi connectivity index (χ3v) is 5.53. The van der Waals surface area contributed by atoms with E-state index in [0.717, 1.165) is 33.0 Å². The van der Waals surface area contributed by atoms with E-state index in [1.807, 2.05) is 36.4 Å². The van der Waals surface area contributed by atoms with E-state index in [1.54, 1.807) is 23.6 Å². The largest absolute Gasteiger partial charge is 0.497 e. The lowest BCUT2D eigenvalue weighted by Gasteiger charge is -2.19. The molecule has 0 atom stereocenters. The van der Waals surface area contributed by atoms with Crippen molar-refractivity contribution < 1.29 is 14.2 Å². The van der Waals surface area contributed by atoms with Crippen molar-refractivity contribution in [3.63, 3.8) is 0 Å². The van der Waals surface area contributed by atoms with Gasteiger partial charge in [-0.25, -0.2) is 0 Å². The average Bonchev–Trinajstić information content (AvgIpc) is 3.15. The minimum atomic E-state index is 0.566. The van der Waals surface area contributed by atoms with Gasteiger partial charge in [-0.05, 0) is 52.4 Å². The number of thioether (sulfide) groups is 1. The Morgan fingerprint density at radius 3 is 2.62 bits per heavy atom.